The standard InChI is InChI=1S/C64H121N7O27/c1-47(2)57(64(86)69-51(9-4-6-15-65)63(85)68-49-12-10-48(44-72)11-13-49)70-62(84)50(66-3)8-5-7-16-67-56(79)14-18-87-20-22-89-24-26-91-28-30-93-32-34-95-36-38-97-40-41-98-39-37-96-35-33-94-31-29-92-27-25-90-23-21-88-19-17-71(42-52(75)58(80)60(82)54(77)45-73)43-53(76)59(81)61(83)55(78)46-74/h10-13,47,50-55,57-61,66,72-78,80-83H,4-9,14-46,65H2,1-3H3,(H,67,79)(H,68,85)(H,69,86)(H,70,84)/t50-,51-,52-,53-,54+,55+,57-,58+,59+,60+,61+/m0/s1. The van der Waals surface area contributed by atoms with Crippen LogP contribution in [0.2, 0.25) is 0 Å². The van der Waals surface area contributed by atoms with Gasteiger partial charge >= 0.3 is 0 Å². The summed E-state index contributed by atoms with van der Waals surface area (Å²) in [6.07, 6.45) is -10.8. The van der Waals surface area contributed by atoms with Gasteiger partial charge in [0.2, 0.25) is 23.6 Å². The van der Waals surface area contributed by atoms with E-state index in [0.29, 0.717) is 188 Å². The van der Waals surface area contributed by atoms with Crippen LogP contribution in [0.3, 0.4) is 0 Å². The fourth-order valence-corrected chi connectivity index (χ4v) is 8.94. The molecular weight excluding hydrogens is 1300 g/mol. The molecule has 0 aliphatic rings. The zero-order valence-electron chi connectivity index (χ0n) is 57.8. The van der Waals surface area contributed by atoms with Crippen LogP contribution in [-0.4, -0.2) is 363 Å². The Morgan fingerprint density at radius 2 is 0.816 bits per heavy atom. The predicted molar refractivity (Wildman–Crippen MR) is 355 cm³/mol. The average Bonchev–Trinajstić information content (AvgIpc) is 0.909. The zero-order chi connectivity index (χ0) is 72.4. The minimum atomic E-state index is -1.89. The van der Waals surface area contributed by atoms with Crippen molar-refractivity contribution in [2.24, 2.45) is 11.7 Å². The molecule has 18 N–H and O–H groups in total. The monoisotopic (exact) mass is 1420 g/mol. The van der Waals surface area contributed by atoms with E-state index < -0.39 is 105 Å². The Morgan fingerprint density at radius 1 is 0.449 bits per heavy atom. The Labute approximate surface area is 576 Å². The largest absolute Gasteiger partial charge is 0.394 e. The number of nitrogens with one attached hydrogen (secondary N) is 5. The van der Waals surface area contributed by atoms with Crippen LogP contribution in [0.4, 0.5) is 5.69 Å². The van der Waals surface area contributed by atoms with Crippen molar-refractivity contribution in [3.63, 3.8) is 0 Å². The summed E-state index contributed by atoms with van der Waals surface area (Å²) < 4.78 is 66.2. The first-order valence-electron chi connectivity index (χ1n) is 33.9. The number of aliphatic hydroxyl groups excluding tert-OH is 11. The number of rotatable bonds is 69. The number of anilines is 1. The van der Waals surface area contributed by atoms with Crippen molar-refractivity contribution in [2.45, 2.75) is 132 Å². The van der Waals surface area contributed by atoms with Crippen molar-refractivity contribution >= 4 is 29.3 Å². The summed E-state index contributed by atoms with van der Waals surface area (Å²) in [6.45, 7) is 10.1. The topological polar surface area (TPSA) is 491 Å². The molecule has 0 unspecified atom stereocenters. The Hall–Kier alpha value is -3.94. The van der Waals surface area contributed by atoms with E-state index in [9.17, 15) is 65.1 Å². The van der Waals surface area contributed by atoms with Gasteiger partial charge in [-0.15, -0.1) is 0 Å². The van der Waals surface area contributed by atoms with Crippen molar-refractivity contribution in [1.82, 2.24) is 26.2 Å². The lowest BCUT2D eigenvalue weighted by atomic mass is 10.0. The molecule has 4 amide bonds. The van der Waals surface area contributed by atoms with Crippen LogP contribution in [0, 0.1) is 5.92 Å². The highest BCUT2D eigenvalue weighted by molar-refractivity contribution is 5.98. The smallest absolute Gasteiger partial charge is 0.246 e. The molecule has 0 saturated heterocycles. The third kappa shape index (κ3) is 46.5. The van der Waals surface area contributed by atoms with Crippen LogP contribution < -0.4 is 32.3 Å². The number of ether oxygens (including phenoxy) is 12. The molecule has 0 spiro atoms. The molecule has 11 atom stereocenters. The molecule has 574 valence electrons. The van der Waals surface area contributed by atoms with Crippen molar-refractivity contribution in [2.75, 3.05) is 217 Å². The summed E-state index contributed by atoms with van der Waals surface area (Å²) in [4.78, 5) is 53.9. The maximum atomic E-state index is 13.6. The van der Waals surface area contributed by atoms with E-state index in [1.54, 1.807) is 31.3 Å². The van der Waals surface area contributed by atoms with Crippen molar-refractivity contribution < 1.29 is 132 Å². The molecule has 0 saturated carbocycles. The number of hydrogen-bond acceptors (Lipinski definition) is 30. The molecule has 98 heavy (non-hydrogen) atoms. The number of nitrogens with zero attached hydrogens (tertiary/aromatic N) is 1. The van der Waals surface area contributed by atoms with E-state index in [0.717, 1.165) is 0 Å². The third-order valence-electron chi connectivity index (χ3n) is 14.8. The summed E-state index contributed by atoms with van der Waals surface area (Å²) in [5, 5.41) is 122. The molecule has 1 rings (SSSR count). The Morgan fingerprint density at radius 3 is 1.18 bits per heavy atom. The van der Waals surface area contributed by atoms with Gasteiger partial charge in [-0.25, -0.2) is 0 Å². The van der Waals surface area contributed by atoms with Crippen LogP contribution in [0.1, 0.15) is 64.4 Å². The Bertz CT molecular complexity index is 2040. The van der Waals surface area contributed by atoms with Gasteiger partial charge in [-0.3, -0.25) is 24.1 Å². The number of aliphatic hydroxyl groups is 11. The van der Waals surface area contributed by atoms with E-state index in [1.807, 2.05) is 13.8 Å². The van der Waals surface area contributed by atoms with E-state index >= 15 is 0 Å². The molecule has 34 heteroatoms. The summed E-state index contributed by atoms with van der Waals surface area (Å²) in [6, 6.07) is 4.40. The SMILES string of the molecule is CN[C@@H](CCCCNC(=O)CCOCCOCCOCCOCCOCCOCCOCCOCCOCCOCCOCCOCCN(C[C@H](O)[C@@H](O)[C@H](O)[C@H](O)CO)C[C@H](O)[C@@H](O)[C@H](O)[C@H](O)CO)C(=O)N[C@H](C(=O)N[C@@H](CCCCN)C(=O)Nc1ccc(CO)cc1)C(C)C. The third-order valence-corrected chi connectivity index (χ3v) is 14.8. The van der Waals surface area contributed by atoms with Crippen molar-refractivity contribution in [3.8, 4) is 0 Å². The quantitative estimate of drug-likeness (QED) is 0.0271. The highest BCUT2D eigenvalue weighted by atomic mass is 16.6. The fourth-order valence-electron chi connectivity index (χ4n) is 8.94. The van der Waals surface area contributed by atoms with Crippen LogP contribution in [0.15, 0.2) is 24.3 Å². The van der Waals surface area contributed by atoms with Gasteiger partial charge in [-0.1, -0.05) is 26.0 Å². The van der Waals surface area contributed by atoms with Gasteiger partial charge in [0.05, 0.1) is 197 Å². The lowest BCUT2D eigenvalue weighted by molar-refractivity contribution is -0.132. The average molecular weight is 1420 g/mol. The first-order chi connectivity index (χ1) is 47.3. The highest BCUT2D eigenvalue weighted by Crippen LogP contribution is 2.15. The number of amides is 4. The molecule has 0 bridgehead atoms. The van der Waals surface area contributed by atoms with Gasteiger partial charge in [0.25, 0.3) is 0 Å². The summed E-state index contributed by atoms with van der Waals surface area (Å²) in [5.41, 5.74) is 6.90. The van der Waals surface area contributed by atoms with Crippen molar-refractivity contribution in [3.05, 3.63) is 29.8 Å². The Kier molecular flexibility index (Phi) is 58.0. The van der Waals surface area contributed by atoms with Gasteiger partial charge < -0.3 is 145 Å². The van der Waals surface area contributed by atoms with Gasteiger partial charge in [-0.2, -0.15) is 0 Å². The van der Waals surface area contributed by atoms with Crippen LogP contribution in [-0.2, 0) is 82.6 Å². The predicted octanol–water partition coefficient (Wildman–Crippen LogP) is -5.49. The van der Waals surface area contributed by atoms with Gasteiger partial charge in [-0.05, 0) is 75.7 Å². The first kappa shape index (κ1) is 92.1. The molecule has 34 nitrogen and oxygen atoms in total. The molecule has 1 aromatic rings. The van der Waals surface area contributed by atoms with E-state index in [2.05, 4.69) is 26.6 Å². The number of likely N-dealkylation sites (N-methyl/N-ethyl adjacent to an activating group) is 1. The second-order valence-corrected chi connectivity index (χ2v) is 23.1. The number of hydrogen-bond donors (Lipinski definition) is 17. The lowest BCUT2D eigenvalue weighted by Gasteiger charge is -2.33. The number of carbonyl (C=O) groups is 4. The van der Waals surface area contributed by atoms with E-state index in [1.165, 1.54) is 4.90 Å². The van der Waals surface area contributed by atoms with E-state index in [4.69, 9.17) is 72.8 Å². The zero-order valence-corrected chi connectivity index (χ0v) is 57.8. The lowest BCUT2D eigenvalue weighted by Crippen LogP contribution is -2.57. The Balaban J connectivity index is 1.96. The number of benzene rings is 1. The second kappa shape index (κ2) is 61.7. The molecule has 0 heterocycles. The van der Waals surface area contributed by atoms with Crippen LogP contribution in [0.5, 0.6) is 0 Å². The molecule has 0 fully saturated rings. The minimum absolute atomic E-state index is 0.0161. The minimum Gasteiger partial charge on any atom is -0.394 e. The summed E-state index contributed by atoms with van der Waals surface area (Å²) in [7, 11) is 1.67. The van der Waals surface area contributed by atoms with Gasteiger partial charge in [0, 0.05) is 38.3 Å². The maximum absolute atomic E-state index is 13.6. The van der Waals surface area contributed by atoms with Gasteiger partial charge in [0.1, 0.15) is 48.7 Å². The maximum Gasteiger partial charge on any atom is 0.246 e. The molecular formula is C64H121N7O27. The molecule has 0 radical (unpaired) electrons. The second-order valence-electron chi connectivity index (χ2n) is 23.1. The normalized spacial score (nSPS) is 15.3. The highest BCUT2D eigenvalue weighted by Gasteiger charge is 2.35. The first-order valence-corrected chi connectivity index (χ1v) is 33.9. The molecule has 0 aliphatic carbocycles. The number of carbonyl (C=O) groups excluding carboxylic acids is 4. The summed E-state index contributed by atoms with van der Waals surface area (Å²) in [5.74, 6) is -1.64. The van der Waals surface area contributed by atoms with Crippen LogP contribution >= 0.6 is 0 Å². The molecule has 0 aromatic heterocycles. The van der Waals surface area contributed by atoms with Gasteiger partial charge in [0.15, 0.2) is 0 Å². The molecule has 1 aromatic carbocycles. The fraction of sp³-hybridized carbons (Fsp3) is 0.844. The van der Waals surface area contributed by atoms with Crippen molar-refractivity contribution in [1.29, 1.82) is 0 Å². The summed E-state index contributed by atoms with van der Waals surface area (Å²) >= 11 is 0. The number of unbranched alkanes of at least 4 members (excludes halogenated alkanes) is 2. The number of nitrogens with two attached hydrogens (primary N) is 1. The van der Waals surface area contributed by atoms with Crippen LogP contribution in [0.25, 0.3) is 0 Å². The molecule has 0 aliphatic heterocycles. The van der Waals surface area contributed by atoms with E-state index in [-0.39, 0.29) is 70.3 Å².